The Morgan fingerprint density at radius 1 is 1.00 bits per heavy atom. The molecule has 0 aromatic heterocycles. The molecule has 0 saturated carbocycles. The highest BCUT2D eigenvalue weighted by Crippen LogP contribution is 2.46. The van der Waals surface area contributed by atoms with Crippen LogP contribution in [0.4, 0.5) is 16.2 Å². The van der Waals surface area contributed by atoms with Gasteiger partial charge in [0.1, 0.15) is 5.60 Å². The molecule has 2 N–H and O–H groups in total. The topological polar surface area (TPSA) is 58.8 Å². The molecule has 3 heterocycles. The summed E-state index contributed by atoms with van der Waals surface area (Å²) in [5.74, 6) is 0. The van der Waals surface area contributed by atoms with Crippen LogP contribution in [-0.2, 0) is 11.2 Å². The summed E-state index contributed by atoms with van der Waals surface area (Å²) in [6.45, 7) is 9.73. The second-order valence-electron chi connectivity index (χ2n) is 10.4. The lowest BCUT2D eigenvalue weighted by atomic mass is 9.89. The molecule has 2 unspecified atom stereocenters. The molecule has 3 aliphatic heterocycles. The number of hydrogen-bond donors (Lipinski definition) is 1. The number of fused-ring (bicyclic) bond motifs is 4. The van der Waals surface area contributed by atoms with Gasteiger partial charge in [-0.2, -0.15) is 0 Å². The minimum absolute atomic E-state index is 0.158. The number of hydrogen-bond acceptors (Lipinski definition) is 4. The highest BCUT2D eigenvalue weighted by Gasteiger charge is 2.47. The van der Waals surface area contributed by atoms with Gasteiger partial charge in [-0.3, -0.25) is 0 Å². The second kappa shape index (κ2) is 7.58. The van der Waals surface area contributed by atoms with Gasteiger partial charge in [-0.15, -0.1) is 0 Å². The fourth-order valence-electron chi connectivity index (χ4n) is 5.76. The first-order valence-corrected chi connectivity index (χ1v) is 11.7. The lowest BCUT2D eigenvalue weighted by Crippen LogP contribution is -2.53. The molecule has 5 nitrogen and oxygen atoms in total. The van der Waals surface area contributed by atoms with E-state index in [9.17, 15) is 4.79 Å². The largest absolute Gasteiger partial charge is 0.444 e. The number of anilines is 2. The van der Waals surface area contributed by atoms with E-state index < -0.39 is 5.60 Å². The molecule has 168 valence electrons. The summed E-state index contributed by atoms with van der Waals surface area (Å²) in [7, 11) is 0. The van der Waals surface area contributed by atoms with E-state index in [0.717, 1.165) is 37.7 Å². The van der Waals surface area contributed by atoms with Crippen molar-refractivity contribution in [2.45, 2.75) is 76.6 Å². The highest BCUT2D eigenvalue weighted by molar-refractivity contribution is 5.77. The number of nitrogens with zero attached hydrogens (tertiary/aromatic N) is 2. The maximum atomic E-state index is 12.9. The number of nitrogens with two attached hydrogens (primary N) is 1. The fraction of sp³-hybridized carbons (Fsp3) is 0.444. The van der Waals surface area contributed by atoms with Gasteiger partial charge in [-0.25, -0.2) is 4.79 Å². The predicted octanol–water partition coefficient (Wildman–Crippen LogP) is 5.59. The second-order valence-corrected chi connectivity index (χ2v) is 10.4. The van der Waals surface area contributed by atoms with E-state index in [1.165, 1.54) is 22.5 Å². The lowest BCUT2D eigenvalue weighted by molar-refractivity contribution is 0.00616. The number of rotatable bonds is 2. The molecule has 2 aromatic rings. The van der Waals surface area contributed by atoms with Crippen LogP contribution in [0.5, 0.6) is 0 Å². The Hall–Kier alpha value is -2.95. The maximum Gasteiger partial charge on any atom is 0.410 e. The van der Waals surface area contributed by atoms with Crippen molar-refractivity contribution >= 4 is 23.2 Å². The SMILES string of the molecule is C=C(N)c1ccc2c(c1)Cc1ccccc1N2C1CC2CC[C@H](C1)N2C(=O)OC(C)(C)C. The van der Waals surface area contributed by atoms with Gasteiger partial charge in [0.2, 0.25) is 0 Å². The Morgan fingerprint density at radius 2 is 1.66 bits per heavy atom. The van der Waals surface area contributed by atoms with Gasteiger partial charge < -0.3 is 20.3 Å². The summed E-state index contributed by atoms with van der Waals surface area (Å²) in [6.07, 6.45) is 4.74. The first-order valence-electron chi connectivity index (χ1n) is 11.7. The van der Waals surface area contributed by atoms with E-state index in [4.69, 9.17) is 10.5 Å². The monoisotopic (exact) mass is 431 g/mol. The van der Waals surface area contributed by atoms with Crippen LogP contribution in [-0.4, -0.2) is 34.7 Å². The molecule has 0 radical (unpaired) electrons. The van der Waals surface area contributed by atoms with E-state index in [1.807, 2.05) is 25.7 Å². The fourth-order valence-corrected chi connectivity index (χ4v) is 5.76. The number of amides is 1. The van der Waals surface area contributed by atoms with Crippen LogP contribution < -0.4 is 10.6 Å². The zero-order valence-electron chi connectivity index (χ0n) is 19.3. The van der Waals surface area contributed by atoms with Crippen LogP contribution in [0.25, 0.3) is 5.70 Å². The van der Waals surface area contributed by atoms with Gasteiger partial charge in [-0.1, -0.05) is 30.8 Å². The minimum Gasteiger partial charge on any atom is -0.444 e. The van der Waals surface area contributed by atoms with Crippen molar-refractivity contribution < 1.29 is 9.53 Å². The Labute approximate surface area is 190 Å². The number of carbonyl (C=O) groups excluding carboxylic acids is 1. The molecule has 2 aromatic carbocycles. The van der Waals surface area contributed by atoms with E-state index in [-0.39, 0.29) is 18.2 Å². The van der Waals surface area contributed by atoms with Crippen LogP contribution in [0.15, 0.2) is 49.0 Å². The summed E-state index contributed by atoms with van der Waals surface area (Å²) in [5, 5.41) is 0. The third-order valence-electron chi connectivity index (χ3n) is 7.02. The lowest BCUT2D eigenvalue weighted by Gasteiger charge is -2.46. The summed E-state index contributed by atoms with van der Waals surface area (Å²) >= 11 is 0. The quantitative estimate of drug-likeness (QED) is 0.673. The number of benzene rings is 2. The van der Waals surface area contributed by atoms with E-state index in [1.54, 1.807) is 0 Å². The van der Waals surface area contributed by atoms with Crippen molar-refractivity contribution in [3.05, 3.63) is 65.7 Å². The molecule has 1 amide bonds. The van der Waals surface area contributed by atoms with Crippen LogP contribution in [0, 0.1) is 0 Å². The highest BCUT2D eigenvalue weighted by atomic mass is 16.6. The Morgan fingerprint density at radius 3 is 2.31 bits per heavy atom. The van der Waals surface area contributed by atoms with Crippen molar-refractivity contribution in [1.82, 2.24) is 4.90 Å². The van der Waals surface area contributed by atoms with Crippen molar-refractivity contribution in [2.75, 3.05) is 4.90 Å². The van der Waals surface area contributed by atoms with Gasteiger partial charge >= 0.3 is 6.09 Å². The van der Waals surface area contributed by atoms with E-state index >= 15 is 0 Å². The number of piperidine rings is 1. The summed E-state index contributed by atoms with van der Waals surface area (Å²) in [4.78, 5) is 17.5. The van der Waals surface area contributed by atoms with Crippen molar-refractivity contribution in [1.29, 1.82) is 0 Å². The van der Waals surface area contributed by atoms with Crippen LogP contribution in [0.1, 0.15) is 63.1 Å². The van der Waals surface area contributed by atoms with Crippen LogP contribution in [0.3, 0.4) is 0 Å². The van der Waals surface area contributed by atoms with Crippen LogP contribution in [0.2, 0.25) is 0 Å². The van der Waals surface area contributed by atoms with Crippen molar-refractivity contribution in [2.24, 2.45) is 5.73 Å². The molecular formula is C27H33N3O2. The summed E-state index contributed by atoms with van der Waals surface area (Å²) in [6, 6.07) is 16.0. The third-order valence-corrected chi connectivity index (χ3v) is 7.02. The van der Waals surface area contributed by atoms with E-state index in [0.29, 0.717) is 11.7 Å². The average molecular weight is 432 g/mol. The molecule has 3 atom stereocenters. The minimum atomic E-state index is -0.469. The Balaban J connectivity index is 1.47. The molecule has 3 aliphatic rings. The first-order chi connectivity index (χ1) is 15.2. The third kappa shape index (κ3) is 3.64. The van der Waals surface area contributed by atoms with Gasteiger partial charge in [0.15, 0.2) is 0 Å². The average Bonchev–Trinajstić information content (AvgIpc) is 3.00. The Kier molecular flexibility index (Phi) is 4.95. The molecular weight excluding hydrogens is 398 g/mol. The number of para-hydroxylation sites is 1. The van der Waals surface area contributed by atoms with Gasteiger partial charge in [0, 0.05) is 41.6 Å². The molecule has 5 heteroatoms. The molecule has 32 heavy (non-hydrogen) atoms. The summed E-state index contributed by atoms with van der Waals surface area (Å²) < 4.78 is 5.74. The van der Waals surface area contributed by atoms with Gasteiger partial charge in [-0.05, 0) is 81.3 Å². The van der Waals surface area contributed by atoms with Crippen LogP contribution >= 0.6 is 0 Å². The molecule has 2 bridgehead atoms. The molecule has 5 rings (SSSR count). The zero-order valence-corrected chi connectivity index (χ0v) is 19.3. The van der Waals surface area contributed by atoms with E-state index in [2.05, 4.69) is 53.9 Å². The van der Waals surface area contributed by atoms with Crippen molar-refractivity contribution in [3.8, 4) is 0 Å². The molecule has 2 fully saturated rings. The summed E-state index contributed by atoms with van der Waals surface area (Å²) in [5.41, 5.74) is 12.3. The van der Waals surface area contributed by atoms with Gasteiger partial charge in [0.05, 0.1) is 0 Å². The maximum absolute atomic E-state index is 12.9. The smallest absolute Gasteiger partial charge is 0.410 e. The molecule has 0 aliphatic carbocycles. The first kappa shape index (κ1) is 20.9. The number of ether oxygens (including phenoxy) is 1. The predicted molar refractivity (Wildman–Crippen MR) is 129 cm³/mol. The molecule has 2 saturated heterocycles. The molecule has 0 spiro atoms. The van der Waals surface area contributed by atoms with Crippen molar-refractivity contribution in [3.63, 3.8) is 0 Å². The Bertz CT molecular complexity index is 1060. The standard InChI is InChI=1S/C27H33N3O2/c1-17(28)18-9-12-25-20(13-18)14-19-7-5-6-8-24(19)30(25)23-15-21-10-11-22(16-23)29(21)26(31)32-27(2,3)4/h5-9,12-13,21-23H,1,10-11,14-16,28H2,2-4H3/t21-,22?,23?/m1/s1. The zero-order chi connectivity index (χ0) is 22.6. The normalized spacial score (nSPS) is 24.0. The van der Waals surface area contributed by atoms with Gasteiger partial charge in [0.25, 0.3) is 0 Å². The number of carbonyl (C=O) groups is 1.